The smallest absolute Gasteiger partial charge is 0.116 e. The Balaban J connectivity index is 0.000000187. The molecule has 0 aliphatic rings. The minimum atomic E-state index is -2.68. The average Bonchev–Trinajstić information content (AvgIpc) is 4.00. The predicted molar refractivity (Wildman–Crippen MR) is 304 cm³/mol. The van der Waals surface area contributed by atoms with Crippen LogP contribution in [0.3, 0.4) is 0 Å². The van der Waals surface area contributed by atoms with Gasteiger partial charge in [0, 0.05) is 44.7 Å². The van der Waals surface area contributed by atoms with E-state index in [2.05, 4.69) is 140 Å². The monoisotopic (exact) mass is 1150 g/mol. The van der Waals surface area contributed by atoms with E-state index in [0.29, 0.717) is 11.3 Å². The normalized spacial score (nSPS) is 10.9. The van der Waals surface area contributed by atoms with Crippen LogP contribution in [0.15, 0.2) is 109 Å². The third kappa shape index (κ3) is 13.0. The van der Waals surface area contributed by atoms with E-state index in [1.165, 1.54) is 79.4 Å². The van der Waals surface area contributed by atoms with Gasteiger partial charge in [0.15, 0.2) is 0 Å². The number of aromatic nitrogens is 3. The number of nitriles is 3. The van der Waals surface area contributed by atoms with E-state index in [0.717, 1.165) is 67.4 Å². The molecule has 0 unspecified atom stereocenters. The van der Waals surface area contributed by atoms with E-state index in [1.54, 1.807) is 34.0 Å². The van der Waals surface area contributed by atoms with Crippen molar-refractivity contribution in [2.75, 3.05) is 0 Å². The van der Waals surface area contributed by atoms with Crippen LogP contribution in [0, 0.1) is 58.3 Å². The molecule has 364 valence electrons. The standard InChI is InChI=1S/C18H16N2O.C12H12N2.C12H11N2.C6H5IO.3C4H9.Sn/c1-3-20-17-9-12(2)7-8-15(17)16(11-19)18(20)13-5-4-6-14(21)10-13;2*1-3-14-8-10(7-13)11-5-4-9(2)6-12(11)14;7-5-2-1-3-6(8)4-5;3*1-3-4-2;/h4-10,21H,3H2,1-2H3;4-6,8H,3H2,1-2H3;4-6H,3H2,1-2H3;1-4,8H;3*1,3-4H2,2H3;. The van der Waals surface area contributed by atoms with E-state index in [1.807, 2.05) is 55.6 Å². The third-order valence-electron chi connectivity index (χ3n) is 13.3. The van der Waals surface area contributed by atoms with Gasteiger partial charge in [0.05, 0.1) is 22.3 Å². The quantitative estimate of drug-likeness (QED) is 0.0828. The maximum atomic E-state index is 10.2. The summed E-state index contributed by atoms with van der Waals surface area (Å²) >= 11 is -0.533. The first-order chi connectivity index (χ1) is 33.8. The van der Waals surface area contributed by atoms with Crippen LogP contribution in [-0.2, 0) is 19.6 Å². The SMILES string of the molecule is CCC[CH2][Sn]([CH2]CCC)([CH2]CCC)[c]1c(C#N)c2ccc(C)cc2n1CC.CCn1c(-c2cccc(O)c2)c(C#N)c2ccc(C)cc21.CCn1cc(C#N)c2ccc(C)cc21.Oc1cccc(I)c1. The van der Waals surface area contributed by atoms with Crippen molar-refractivity contribution in [2.24, 2.45) is 0 Å². The zero-order valence-electron chi connectivity index (χ0n) is 42.8. The van der Waals surface area contributed by atoms with Gasteiger partial charge in [-0.3, -0.25) is 0 Å². The number of benzene rings is 5. The summed E-state index contributed by atoms with van der Waals surface area (Å²) in [5.41, 5.74) is 11.4. The summed E-state index contributed by atoms with van der Waals surface area (Å²) in [5, 5.41) is 50.5. The van der Waals surface area contributed by atoms with E-state index >= 15 is 0 Å². The Labute approximate surface area is 434 Å². The number of aryl methyl sites for hydroxylation is 6. The van der Waals surface area contributed by atoms with Crippen molar-refractivity contribution in [1.29, 1.82) is 15.8 Å². The number of unbranched alkanes of at least 4 members (excludes halogenated alkanes) is 3. The summed E-state index contributed by atoms with van der Waals surface area (Å²) in [6.45, 7) is 22.3. The van der Waals surface area contributed by atoms with Gasteiger partial charge in [-0.1, -0.05) is 42.5 Å². The zero-order valence-corrected chi connectivity index (χ0v) is 47.8. The molecule has 2 N–H and O–H groups in total. The topological polar surface area (TPSA) is 127 Å². The number of nitrogens with zero attached hydrogens (tertiary/aromatic N) is 6. The number of aromatic hydroxyl groups is 2. The summed E-state index contributed by atoms with van der Waals surface area (Å²) in [6.07, 6.45) is 9.72. The van der Waals surface area contributed by atoms with Crippen molar-refractivity contribution >= 4 is 77.4 Å². The van der Waals surface area contributed by atoms with Gasteiger partial charge in [-0.25, -0.2) is 0 Å². The molecular weight excluding hydrogens is 1080 g/mol. The minimum absolute atomic E-state index is 0.209. The second-order valence-corrected chi connectivity index (χ2v) is 32.5. The summed E-state index contributed by atoms with van der Waals surface area (Å²) < 4.78 is 13.7. The second kappa shape index (κ2) is 26.5. The molecule has 0 spiro atoms. The molecule has 0 fully saturated rings. The van der Waals surface area contributed by atoms with Gasteiger partial charge in [0.25, 0.3) is 0 Å². The molecule has 10 heteroatoms. The van der Waals surface area contributed by atoms with E-state index in [9.17, 15) is 15.6 Å². The van der Waals surface area contributed by atoms with Crippen LogP contribution in [-0.4, -0.2) is 42.3 Å². The van der Waals surface area contributed by atoms with Gasteiger partial charge in [-0.2, -0.15) is 10.5 Å². The summed E-state index contributed by atoms with van der Waals surface area (Å²) in [4.78, 5) is 0. The van der Waals surface area contributed by atoms with Gasteiger partial charge >= 0.3 is 171 Å². The largest absolute Gasteiger partial charge is 0.508 e. The van der Waals surface area contributed by atoms with Crippen LogP contribution in [0.2, 0.25) is 13.3 Å². The molecule has 0 bridgehead atoms. The molecule has 0 amide bonds. The molecule has 5 aromatic carbocycles. The number of hydrogen-bond acceptors (Lipinski definition) is 5. The number of phenolic OH excluding ortho intramolecular Hbond substituents is 2. The van der Waals surface area contributed by atoms with Crippen molar-refractivity contribution in [3.8, 4) is 41.0 Å². The van der Waals surface area contributed by atoms with Crippen molar-refractivity contribution in [1.82, 2.24) is 13.7 Å². The Hall–Kier alpha value is -5.68. The number of halogens is 1. The fourth-order valence-corrected chi connectivity index (χ4v) is 27.8. The molecule has 3 heterocycles. The molecule has 8 nitrogen and oxygen atoms in total. The molecule has 8 aromatic rings. The van der Waals surface area contributed by atoms with Gasteiger partial charge in [-0.15, -0.1) is 0 Å². The first-order valence-corrected chi connectivity index (χ1v) is 33.6. The zero-order chi connectivity index (χ0) is 51.0. The van der Waals surface area contributed by atoms with Crippen LogP contribution in [0.4, 0.5) is 0 Å². The number of rotatable bonds is 14. The fraction of sp³-hybridized carbons (Fsp3) is 0.350. The molecule has 0 atom stereocenters. The third-order valence-corrected chi connectivity index (χ3v) is 29.5. The minimum Gasteiger partial charge on any atom is -0.508 e. The van der Waals surface area contributed by atoms with Crippen LogP contribution < -0.4 is 3.71 Å². The molecule has 8 rings (SSSR count). The Bertz CT molecular complexity index is 3120. The molecule has 70 heavy (non-hydrogen) atoms. The predicted octanol–water partition coefficient (Wildman–Crippen LogP) is 15.9. The van der Waals surface area contributed by atoms with Crippen molar-refractivity contribution in [3.63, 3.8) is 0 Å². The molecule has 0 radical (unpaired) electrons. The number of hydrogen-bond donors (Lipinski definition) is 2. The number of fused-ring (bicyclic) bond motifs is 3. The molecule has 0 saturated carbocycles. The second-order valence-electron chi connectivity index (χ2n) is 18.3. The Kier molecular flexibility index (Phi) is 20.9. The van der Waals surface area contributed by atoms with E-state index in [4.69, 9.17) is 10.4 Å². The maximum Gasteiger partial charge on any atom is 0.116 e. The van der Waals surface area contributed by atoms with Gasteiger partial charge in [0.2, 0.25) is 0 Å². The van der Waals surface area contributed by atoms with Crippen LogP contribution in [0.5, 0.6) is 11.5 Å². The van der Waals surface area contributed by atoms with Crippen molar-refractivity contribution < 1.29 is 10.2 Å². The number of phenols is 2. The maximum absolute atomic E-state index is 10.2. The molecule has 0 aliphatic heterocycles. The van der Waals surface area contributed by atoms with Crippen LogP contribution >= 0.6 is 22.6 Å². The Morgan fingerprint density at radius 2 is 1.01 bits per heavy atom. The van der Waals surface area contributed by atoms with Gasteiger partial charge < -0.3 is 19.3 Å². The van der Waals surface area contributed by atoms with Crippen LogP contribution in [0.25, 0.3) is 44.0 Å². The fourth-order valence-electron chi connectivity index (χ4n) is 9.81. The van der Waals surface area contributed by atoms with Crippen molar-refractivity contribution in [3.05, 3.63) is 146 Å². The Morgan fingerprint density at radius 3 is 1.46 bits per heavy atom. The molecule has 0 saturated heterocycles. The summed E-state index contributed by atoms with van der Waals surface area (Å²) in [5.74, 6) is 0.539. The first kappa shape index (κ1) is 55.2. The van der Waals surface area contributed by atoms with E-state index in [-0.39, 0.29) is 5.75 Å². The first-order valence-electron chi connectivity index (χ1n) is 25.1. The summed E-state index contributed by atoms with van der Waals surface area (Å²) in [7, 11) is 0. The average molecular weight is 1150 g/mol. The van der Waals surface area contributed by atoms with Crippen molar-refractivity contribution in [2.45, 2.75) is 134 Å². The van der Waals surface area contributed by atoms with E-state index < -0.39 is 18.4 Å². The van der Waals surface area contributed by atoms with Gasteiger partial charge in [0.1, 0.15) is 23.6 Å². The van der Waals surface area contributed by atoms with Gasteiger partial charge in [-0.05, 0) is 104 Å². The Morgan fingerprint density at radius 1 is 0.529 bits per heavy atom. The summed E-state index contributed by atoms with van der Waals surface area (Å²) in [6, 6.07) is 40.4. The molecule has 0 aliphatic carbocycles. The van der Waals surface area contributed by atoms with Crippen LogP contribution in [0.1, 0.15) is 113 Å². The molecular formula is C60H71IN6O2Sn. The molecule has 3 aromatic heterocycles.